The summed E-state index contributed by atoms with van der Waals surface area (Å²) in [6.07, 6.45) is 11.1. The van der Waals surface area contributed by atoms with E-state index in [9.17, 15) is 0 Å². The lowest BCUT2D eigenvalue weighted by molar-refractivity contribution is 1.19. The Balaban J connectivity index is 1.94. The van der Waals surface area contributed by atoms with E-state index < -0.39 is 0 Å². The fourth-order valence-electron chi connectivity index (χ4n) is 2.68. The molecule has 0 bridgehead atoms. The zero-order valence-corrected chi connectivity index (χ0v) is 11.3. The van der Waals surface area contributed by atoms with E-state index in [1.807, 2.05) is 0 Å². The molecule has 2 aliphatic carbocycles. The van der Waals surface area contributed by atoms with Crippen molar-refractivity contribution in [2.24, 2.45) is 0 Å². The normalized spacial score (nSPS) is 20.6. The maximum atomic E-state index is 4.21. The number of hydrogen-bond donors (Lipinski definition) is 0. The van der Waals surface area contributed by atoms with E-state index in [-0.39, 0.29) is 0 Å². The molecule has 0 saturated heterocycles. The van der Waals surface area contributed by atoms with Crippen LogP contribution in [0.25, 0.3) is 5.57 Å². The third kappa shape index (κ3) is 2.39. The molecule has 2 aliphatic rings. The lowest BCUT2D eigenvalue weighted by Crippen LogP contribution is -1.88. The first-order chi connectivity index (χ1) is 9.24. The van der Waals surface area contributed by atoms with Crippen LogP contribution in [0.4, 0.5) is 0 Å². The van der Waals surface area contributed by atoms with Crippen molar-refractivity contribution in [3.63, 3.8) is 0 Å². The Morgan fingerprint density at radius 2 is 1.89 bits per heavy atom. The first-order valence-corrected chi connectivity index (χ1v) is 6.76. The molecule has 0 fully saturated rings. The molecule has 0 unspecified atom stereocenters. The molecule has 0 heterocycles. The van der Waals surface area contributed by atoms with Gasteiger partial charge in [0.2, 0.25) is 0 Å². The zero-order chi connectivity index (χ0) is 13.2. The lowest BCUT2D eigenvalue weighted by Gasteiger charge is -2.08. The average Bonchev–Trinajstić information content (AvgIpc) is 2.99. The maximum Gasteiger partial charge on any atom is -0.00665 e. The summed E-state index contributed by atoms with van der Waals surface area (Å²) in [4.78, 5) is 0. The van der Waals surface area contributed by atoms with Gasteiger partial charge in [0.25, 0.3) is 0 Å². The Kier molecular flexibility index (Phi) is 3.08. The van der Waals surface area contributed by atoms with E-state index in [0.29, 0.717) is 0 Å². The second kappa shape index (κ2) is 4.89. The molecule has 1 aromatic rings. The monoisotopic (exact) mass is 246 g/mol. The van der Waals surface area contributed by atoms with Gasteiger partial charge in [0.1, 0.15) is 0 Å². The van der Waals surface area contributed by atoms with Gasteiger partial charge in [-0.2, -0.15) is 0 Å². The highest BCUT2D eigenvalue weighted by molar-refractivity contribution is 5.87. The highest BCUT2D eigenvalue weighted by Crippen LogP contribution is 2.38. The van der Waals surface area contributed by atoms with Crippen molar-refractivity contribution < 1.29 is 0 Å². The van der Waals surface area contributed by atoms with Crippen LogP contribution in [0, 0.1) is 0 Å². The minimum absolute atomic E-state index is 0.968. The third-order valence-corrected chi connectivity index (χ3v) is 3.70. The predicted octanol–water partition coefficient (Wildman–Crippen LogP) is 5.23. The largest absolute Gasteiger partial charge is 0.0949 e. The predicted molar refractivity (Wildman–Crippen MR) is 82.7 cm³/mol. The van der Waals surface area contributed by atoms with Crippen LogP contribution in [0.15, 0.2) is 83.5 Å². The van der Waals surface area contributed by atoms with E-state index in [1.54, 1.807) is 0 Å². The fourth-order valence-corrected chi connectivity index (χ4v) is 2.68. The minimum atomic E-state index is 0.968. The van der Waals surface area contributed by atoms with E-state index in [4.69, 9.17) is 0 Å². The van der Waals surface area contributed by atoms with Crippen LogP contribution in [0.2, 0.25) is 0 Å². The third-order valence-electron chi connectivity index (χ3n) is 3.70. The SMILES string of the molecule is C=C1CC=C(c2ccccc2)C1=CC1=CC=C(C)C1. The molecular weight excluding hydrogens is 228 g/mol. The van der Waals surface area contributed by atoms with Gasteiger partial charge in [-0.25, -0.2) is 0 Å². The Morgan fingerprint density at radius 3 is 2.58 bits per heavy atom. The maximum absolute atomic E-state index is 4.21. The average molecular weight is 246 g/mol. The molecule has 0 radical (unpaired) electrons. The van der Waals surface area contributed by atoms with Crippen LogP contribution in [0.5, 0.6) is 0 Å². The van der Waals surface area contributed by atoms with Gasteiger partial charge in [0, 0.05) is 0 Å². The Morgan fingerprint density at radius 1 is 1.11 bits per heavy atom. The number of allylic oxidation sites excluding steroid dienone is 9. The van der Waals surface area contributed by atoms with Crippen LogP contribution < -0.4 is 0 Å². The molecular formula is C19H18. The van der Waals surface area contributed by atoms with Gasteiger partial charge in [-0.05, 0) is 47.6 Å². The van der Waals surface area contributed by atoms with Gasteiger partial charge in [-0.1, -0.05) is 66.8 Å². The molecule has 3 rings (SSSR count). The molecule has 0 aliphatic heterocycles. The van der Waals surface area contributed by atoms with Crippen molar-refractivity contribution in [3.8, 4) is 0 Å². The topological polar surface area (TPSA) is 0 Å². The summed E-state index contributed by atoms with van der Waals surface area (Å²) in [6.45, 7) is 6.39. The molecule has 0 saturated carbocycles. The van der Waals surface area contributed by atoms with Crippen LogP contribution in [0.1, 0.15) is 25.3 Å². The molecule has 0 heteroatoms. The van der Waals surface area contributed by atoms with E-state index in [0.717, 1.165) is 12.8 Å². The van der Waals surface area contributed by atoms with Gasteiger partial charge < -0.3 is 0 Å². The molecule has 0 atom stereocenters. The van der Waals surface area contributed by atoms with Crippen molar-refractivity contribution in [1.82, 2.24) is 0 Å². The van der Waals surface area contributed by atoms with E-state index in [2.05, 4.69) is 68.1 Å². The Hall–Kier alpha value is -2.08. The van der Waals surface area contributed by atoms with Crippen molar-refractivity contribution in [2.75, 3.05) is 0 Å². The summed E-state index contributed by atoms with van der Waals surface area (Å²) in [5, 5.41) is 0. The molecule has 0 N–H and O–H groups in total. The molecule has 0 aromatic heterocycles. The molecule has 0 spiro atoms. The first kappa shape index (κ1) is 12.0. The molecule has 19 heavy (non-hydrogen) atoms. The van der Waals surface area contributed by atoms with Crippen LogP contribution in [-0.4, -0.2) is 0 Å². The highest BCUT2D eigenvalue weighted by atomic mass is 14.2. The standard InChI is InChI=1S/C19H18/c1-14-8-10-16(12-14)13-19-15(2)9-11-18(19)17-6-4-3-5-7-17/h3-8,10-11,13H,2,9,12H2,1H3. The second-order valence-corrected chi connectivity index (χ2v) is 5.28. The Labute approximate surface area is 115 Å². The van der Waals surface area contributed by atoms with Gasteiger partial charge >= 0.3 is 0 Å². The molecule has 0 nitrogen and oxygen atoms in total. The fraction of sp³-hybridized carbons (Fsp3) is 0.158. The quantitative estimate of drug-likeness (QED) is 0.670. The van der Waals surface area contributed by atoms with Crippen LogP contribution in [0.3, 0.4) is 0 Å². The van der Waals surface area contributed by atoms with Gasteiger partial charge in [-0.3, -0.25) is 0 Å². The minimum Gasteiger partial charge on any atom is -0.0949 e. The highest BCUT2D eigenvalue weighted by Gasteiger charge is 2.17. The van der Waals surface area contributed by atoms with Crippen molar-refractivity contribution in [1.29, 1.82) is 0 Å². The first-order valence-electron chi connectivity index (χ1n) is 6.76. The summed E-state index contributed by atoms with van der Waals surface area (Å²) in [5.74, 6) is 0. The summed E-state index contributed by atoms with van der Waals surface area (Å²) in [7, 11) is 0. The molecule has 1 aromatic carbocycles. The Bertz CT molecular complexity index is 634. The smallest absolute Gasteiger partial charge is 0.00665 e. The second-order valence-electron chi connectivity index (χ2n) is 5.28. The number of hydrogen-bond acceptors (Lipinski definition) is 0. The van der Waals surface area contributed by atoms with Gasteiger partial charge in [-0.15, -0.1) is 0 Å². The van der Waals surface area contributed by atoms with Crippen molar-refractivity contribution >= 4 is 5.57 Å². The summed E-state index contributed by atoms with van der Waals surface area (Å²) < 4.78 is 0. The van der Waals surface area contributed by atoms with Crippen molar-refractivity contribution in [2.45, 2.75) is 19.8 Å². The van der Waals surface area contributed by atoms with Gasteiger partial charge in [0.05, 0.1) is 0 Å². The zero-order valence-electron chi connectivity index (χ0n) is 11.3. The van der Waals surface area contributed by atoms with Crippen molar-refractivity contribution in [3.05, 3.63) is 89.1 Å². The number of rotatable bonds is 2. The summed E-state index contributed by atoms with van der Waals surface area (Å²) >= 11 is 0. The lowest BCUT2D eigenvalue weighted by atomic mass is 9.96. The number of benzene rings is 1. The van der Waals surface area contributed by atoms with Crippen LogP contribution in [-0.2, 0) is 0 Å². The summed E-state index contributed by atoms with van der Waals surface area (Å²) in [5.41, 5.74) is 7.97. The van der Waals surface area contributed by atoms with Gasteiger partial charge in [0.15, 0.2) is 0 Å². The molecule has 0 amide bonds. The van der Waals surface area contributed by atoms with E-state index >= 15 is 0 Å². The summed E-state index contributed by atoms with van der Waals surface area (Å²) in [6, 6.07) is 10.6. The molecule has 94 valence electrons. The van der Waals surface area contributed by atoms with Crippen LogP contribution >= 0.6 is 0 Å². The van der Waals surface area contributed by atoms with E-state index in [1.165, 1.54) is 33.4 Å².